The van der Waals surface area contributed by atoms with Crippen LogP contribution in [0.25, 0.3) is 0 Å². The first-order chi connectivity index (χ1) is 10.8. The third kappa shape index (κ3) is 8.03. The fourth-order valence-electron chi connectivity index (χ4n) is 2.46. The van der Waals surface area contributed by atoms with Crippen molar-refractivity contribution in [1.82, 2.24) is 15.5 Å². The average molecular weight is 436 g/mol. The summed E-state index contributed by atoms with van der Waals surface area (Å²) in [6.07, 6.45) is 1.68. The van der Waals surface area contributed by atoms with Gasteiger partial charge in [-0.15, -0.1) is 24.0 Å². The number of halogens is 1. The summed E-state index contributed by atoms with van der Waals surface area (Å²) < 4.78 is 10.7. The van der Waals surface area contributed by atoms with Crippen LogP contribution in [0.3, 0.4) is 0 Å². The number of furan rings is 1. The van der Waals surface area contributed by atoms with Crippen LogP contribution in [0.1, 0.15) is 19.6 Å². The second-order valence-electron chi connectivity index (χ2n) is 5.67. The van der Waals surface area contributed by atoms with Crippen LogP contribution in [-0.4, -0.2) is 56.8 Å². The highest BCUT2D eigenvalue weighted by molar-refractivity contribution is 14.0. The Kier molecular flexibility index (Phi) is 10.3. The molecule has 7 heteroatoms. The highest BCUT2D eigenvalue weighted by Gasteiger charge is 2.13. The van der Waals surface area contributed by atoms with Gasteiger partial charge in [0.25, 0.3) is 0 Å². The summed E-state index contributed by atoms with van der Waals surface area (Å²) in [5, 5.41) is 6.68. The first-order valence-corrected chi connectivity index (χ1v) is 8.12. The molecule has 0 aliphatic carbocycles. The fourth-order valence-corrected chi connectivity index (χ4v) is 2.46. The molecule has 23 heavy (non-hydrogen) atoms. The first-order valence-electron chi connectivity index (χ1n) is 8.12. The number of rotatable bonds is 7. The van der Waals surface area contributed by atoms with Gasteiger partial charge in [0.05, 0.1) is 19.5 Å². The van der Waals surface area contributed by atoms with Gasteiger partial charge in [-0.25, -0.2) is 4.99 Å². The lowest BCUT2D eigenvalue weighted by Crippen LogP contribution is -2.44. The van der Waals surface area contributed by atoms with E-state index in [1.54, 1.807) is 6.26 Å². The first kappa shape index (κ1) is 20.2. The van der Waals surface area contributed by atoms with Crippen molar-refractivity contribution in [1.29, 1.82) is 0 Å². The Balaban J connectivity index is 0.00000264. The van der Waals surface area contributed by atoms with Gasteiger partial charge >= 0.3 is 0 Å². The van der Waals surface area contributed by atoms with Crippen molar-refractivity contribution in [2.45, 2.75) is 20.4 Å². The largest absolute Gasteiger partial charge is 0.467 e. The van der Waals surface area contributed by atoms with Gasteiger partial charge < -0.3 is 19.8 Å². The maximum Gasteiger partial charge on any atom is 0.191 e. The second-order valence-corrected chi connectivity index (χ2v) is 5.67. The number of aliphatic imine (C=N–C) groups is 1. The highest BCUT2D eigenvalue weighted by Crippen LogP contribution is 2.03. The molecule has 0 amide bonds. The Morgan fingerprint density at radius 1 is 1.35 bits per heavy atom. The third-order valence-corrected chi connectivity index (χ3v) is 3.61. The Morgan fingerprint density at radius 2 is 2.13 bits per heavy atom. The van der Waals surface area contributed by atoms with E-state index < -0.39 is 0 Å². The Labute approximate surface area is 156 Å². The van der Waals surface area contributed by atoms with Crippen LogP contribution in [0.5, 0.6) is 0 Å². The predicted octanol–water partition coefficient (Wildman–Crippen LogP) is 1.92. The molecule has 1 saturated heterocycles. The van der Waals surface area contributed by atoms with Gasteiger partial charge in [0.1, 0.15) is 12.3 Å². The molecule has 1 unspecified atom stereocenters. The Bertz CT molecular complexity index is 433. The molecular weight excluding hydrogens is 407 g/mol. The summed E-state index contributed by atoms with van der Waals surface area (Å²) in [5.74, 6) is 2.27. The van der Waals surface area contributed by atoms with E-state index in [1.807, 2.05) is 12.1 Å². The van der Waals surface area contributed by atoms with E-state index >= 15 is 0 Å². The van der Waals surface area contributed by atoms with Crippen molar-refractivity contribution in [3.05, 3.63) is 24.2 Å². The summed E-state index contributed by atoms with van der Waals surface area (Å²) in [7, 11) is 0. The topological polar surface area (TPSA) is 62.0 Å². The zero-order valence-corrected chi connectivity index (χ0v) is 16.4. The van der Waals surface area contributed by atoms with Gasteiger partial charge in [-0.2, -0.15) is 0 Å². The average Bonchev–Trinajstić information content (AvgIpc) is 3.04. The van der Waals surface area contributed by atoms with Crippen LogP contribution in [-0.2, 0) is 11.3 Å². The molecule has 2 rings (SSSR count). The minimum absolute atomic E-state index is 0. The minimum Gasteiger partial charge on any atom is -0.467 e. The van der Waals surface area contributed by atoms with Gasteiger partial charge in [-0.05, 0) is 25.0 Å². The summed E-state index contributed by atoms with van der Waals surface area (Å²) >= 11 is 0. The Morgan fingerprint density at radius 3 is 2.78 bits per heavy atom. The molecule has 0 aromatic carbocycles. The van der Waals surface area contributed by atoms with Crippen molar-refractivity contribution in [2.24, 2.45) is 10.9 Å². The van der Waals surface area contributed by atoms with Crippen molar-refractivity contribution >= 4 is 29.9 Å². The minimum atomic E-state index is 0. The van der Waals surface area contributed by atoms with Crippen LogP contribution >= 0.6 is 24.0 Å². The molecule has 1 fully saturated rings. The van der Waals surface area contributed by atoms with Crippen LogP contribution in [0.15, 0.2) is 27.8 Å². The fraction of sp³-hybridized carbons (Fsp3) is 0.688. The lowest BCUT2D eigenvalue weighted by molar-refractivity contribution is 0.0320. The summed E-state index contributed by atoms with van der Waals surface area (Å²) in [6.45, 7) is 11.5. The maximum atomic E-state index is 5.38. The molecule has 132 valence electrons. The van der Waals surface area contributed by atoms with Crippen LogP contribution in [0.2, 0.25) is 0 Å². The SMILES string of the molecule is CCNC(=NCc1ccco1)NCC(C)CN1CCOCC1.I. The Hall–Kier alpha value is -0.800. The van der Waals surface area contributed by atoms with Gasteiger partial charge in [0.15, 0.2) is 5.96 Å². The zero-order valence-electron chi connectivity index (χ0n) is 14.1. The number of morpholine rings is 1. The van der Waals surface area contributed by atoms with Crippen molar-refractivity contribution < 1.29 is 9.15 Å². The molecule has 6 nitrogen and oxygen atoms in total. The molecule has 1 aliphatic heterocycles. The summed E-state index contributed by atoms with van der Waals surface area (Å²) in [5.41, 5.74) is 0. The summed E-state index contributed by atoms with van der Waals surface area (Å²) in [4.78, 5) is 7.00. The molecule has 1 aromatic rings. The molecule has 0 bridgehead atoms. The quantitative estimate of drug-likeness (QED) is 0.389. The molecule has 2 N–H and O–H groups in total. The second kappa shape index (κ2) is 11.7. The highest BCUT2D eigenvalue weighted by atomic mass is 127. The van der Waals surface area contributed by atoms with E-state index in [0.717, 1.165) is 57.7 Å². The summed E-state index contributed by atoms with van der Waals surface area (Å²) in [6, 6.07) is 3.82. The molecule has 0 radical (unpaired) electrons. The van der Waals surface area contributed by atoms with Crippen molar-refractivity contribution in [3.63, 3.8) is 0 Å². The van der Waals surface area contributed by atoms with Crippen LogP contribution in [0.4, 0.5) is 0 Å². The maximum absolute atomic E-state index is 5.38. The zero-order chi connectivity index (χ0) is 15.6. The van der Waals surface area contributed by atoms with Gasteiger partial charge in [-0.3, -0.25) is 4.90 Å². The lowest BCUT2D eigenvalue weighted by atomic mass is 10.1. The molecule has 1 aromatic heterocycles. The molecule has 2 heterocycles. The van der Waals surface area contributed by atoms with E-state index in [9.17, 15) is 0 Å². The van der Waals surface area contributed by atoms with E-state index in [-0.39, 0.29) is 24.0 Å². The number of guanidine groups is 1. The lowest BCUT2D eigenvalue weighted by Gasteiger charge is -2.29. The van der Waals surface area contributed by atoms with E-state index in [2.05, 4.69) is 34.4 Å². The molecule has 0 spiro atoms. The number of nitrogens with zero attached hydrogens (tertiary/aromatic N) is 2. The van der Waals surface area contributed by atoms with Crippen LogP contribution in [0, 0.1) is 5.92 Å². The number of hydrogen-bond donors (Lipinski definition) is 2. The standard InChI is InChI=1S/C16H28N4O2.HI/c1-3-17-16(19-12-15-5-4-8-22-15)18-11-14(2)13-20-6-9-21-10-7-20;/h4-5,8,14H,3,6-7,9-13H2,1-2H3,(H2,17,18,19);1H. The van der Waals surface area contributed by atoms with E-state index in [1.165, 1.54) is 0 Å². The van der Waals surface area contributed by atoms with Gasteiger partial charge in [0, 0.05) is 32.7 Å². The monoisotopic (exact) mass is 436 g/mol. The number of nitrogens with one attached hydrogen (secondary N) is 2. The van der Waals surface area contributed by atoms with E-state index in [4.69, 9.17) is 9.15 Å². The number of ether oxygens (including phenoxy) is 1. The number of hydrogen-bond acceptors (Lipinski definition) is 4. The van der Waals surface area contributed by atoms with Crippen LogP contribution < -0.4 is 10.6 Å². The third-order valence-electron chi connectivity index (χ3n) is 3.61. The normalized spacial score (nSPS) is 17.4. The van der Waals surface area contributed by atoms with Gasteiger partial charge in [0.2, 0.25) is 0 Å². The van der Waals surface area contributed by atoms with E-state index in [0.29, 0.717) is 12.5 Å². The molecule has 0 saturated carbocycles. The van der Waals surface area contributed by atoms with Gasteiger partial charge in [-0.1, -0.05) is 6.92 Å². The van der Waals surface area contributed by atoms with Crippen molar-refractivity contribution in [2.75, 3.05) is 45.9 Å². The smallest absolute Gasteiger partial charge is 0.191 e. The van der Waals surface area contributed by atoms with Crippen molar-refractivity contribution in [3.8, 4) is 0 Å². The predicted molar refractivity (Wildman–Crippen MR) is 103 cm³/mol. The molecule has 1 atom stereocenters. The molecule has 1 aliphatic rings. The molecular formula is C16H29IN4O2.